The van der Waals surface area contributed by atoms with E-state index < -0.39 is 0 Å². The Hall–Kier alpha value is -3.16. The zero-order valence-corrected chi connectivity index (χ0v) is 17.8. The molecule has 1 aliphatic rings. The molecule has 4 nitrogen and oxygen atoms in total. The van der Waals surface area contributed by atoms with Gasteiger partial charge in [-0.05, 0) is 49.6 Å². The fourth-order valence-electron chi connectivity index (χ4n) is 4.33. The summed E-state index contributed by atoms with van der Waals surface area (Å²) in [7, 11) is 0. The maximum atomic E-state index is 9.21. The van der Waals surface area contributed by atoms with Crippen LogP contribution in [0.25, 0.3) is 10.8 Å². The van der Waals surface area contributed by atoms with Crippen molar-refractivity contribution in [2.45, 2.75) is 20.3 Å². The molecule has 3 aromatic rings. The van der Waals surface area contributed by atoms with Crippen molar-refractivity contribution in [2.24, 2.45) is 0 Å². The van der Waals surface area contributed by atoms with E-state index in [4.69, 9.17) is 4.74 Å². The number of anilines is 1. The standard InChI is InChI=1S/C26H28N3O/c1-3-28(18-19-30-4-2)22-14-12-21(13-15-22)26-23-10-5-8-20-9-6-11-24(25(20)23)29(26)17-7-16-27/h5-6,8-15H,3-4,7,17-19H2,1-2H3/q+1. The van der Waals surface area contributed by atoms with Gasteiger partial charge in [-0.2, -0.15) is 9.84 Å². The monoisotopic (exact) mass is 398 g/mol. The topological polar surface area (TPSA) is 39.3 Å². The summed E-state index contributed by atoms with van der Waals surface area (Å²) in [5, 5.41) is 11.7. The van der Waals surface area contributed by atoms with E-state index in [1.807, 2.05) is 6.92 Å². The lowest BCUT2D eigenvalue weighted by Gasteiger charge is -2.23. The average molecular weight is 399 g/mol. The molecular formula is C26H28N3O+. The zero-order chi connectivity index (χ0) is 20.9. The first-order chi connectivity index (χ1) is 14.8. The van der Waals surface area contributed by atoms with E-state index in [-0.39, 0.29) is 0 Å². The quantitative estimate of drug-likeness (QED) is 0.371. The second kappa shape index (κ2) is 9.11. The van der Waals surface area contributed by atoms with Gasteiger partial charge in [-0.25, -0.2) is 0 Å². The van der Waals surface area contributed by atoms with Gasteiger partial charge in [0.25, 0.3) is 0 Å². The van der Waals surface area contributed by atoms with Crippen molar-refractivity contribution < 1.29 is 9.31 Å². The van der Waals surface area contributed by atoms with Gasteiger partial charge in [0.05, 0.1) is 30.0 Å². The molecule has 3 aromatic carbocycles. The second-order valence-corrected chi connectivity index (χ2v) is 7.41. The van der Waals surface area contributed by atoms with E-state index in [0.717, 1.165) is 26.3 Å². The Balaban J connectivity index is 1.73. The number of nitriles is 1. The van der Waals surface area contributed by atoms with E-state index in [1.54, 1.807) is 0 Å². The molecule has 0 saturated heterocycles. The number of ether oxygens (including phenoxy) is 1. The van der Waals surface area contributed by atoms with Crippen molar-refractivity contribution in [2.75, 3.05) is 37.7 Å². The molecular weight excluding hydrogens is 370 g/mol. The van der Waals surface area contributed by atoms with E-state index in [9.17, 15) is 5.26 Å². The molecule has 0 N–H and O–H groups in total. The lowest BCUT2D eigenvalue weighted by Crippen LogP contribution is -2.27. The predicted molar refractivity (Wildman–Crippen MR) is 123 cm³/mol. The van der Waals surface area contributed by atoms with Crippen LogP contribution in [0.5, 0.6) is 0 Å². The van der Waals surface area contributed by atoms with Crippen LogP contribution in [0, 0.1) is 11.3 Å². The normalized spacial score (nSPS) is 12.4. The van der Waals surface area contributed by atoms with Crippen LogP contribution in [0.15, 0.2) is 60.7 Å². The molecule has 1 aliphatic heterocycles. The molecule has 0 unspecified atom stereocenters. The summed E-state index contributed by atoms with van der Waals surface area (Å²) >= 11 is 0. The van der Waals surface area contributed by atoms with Crippen LogP contribution in [0.4, 0.5) is 11.4 Å². The highest BCUT2D eigenvalue weighted by Crippen LogP contribution is 2.37. The minimum absolute atomic E-state index is 0.493. The van der Waals surface area contributed by atoms with Crippen molar-refractivity contribution >= 4 is 27.9 Å². The van der Waals surface area contributed by atoms with E-state index in [0.29, 0.717) is 13.0 Å². The molecule has 30 heavy (non-hydrogen) atoms. The van der Waals surface area contributed by atoms with Crippen LogP contribution in [-0.2, 0) is 4.74 Å². The summed E-state index contributed by atoms with van der Waals surface area (Å²) in [5.41, 5.74) is 6.03. The first-order valence-electron chi connectivity index (χ1n) is 10.7. The predicted octanol–water partition coefficient (Wildman–Crippen LogP) is 5.11. The summed E-state index contributed by atoms with van der Waals surface area (Å²) in [4.78, 5) is 2.33. The molecule has 0 radical (unpaired) electrons. The molecule has 1 heterocycles. The van der Waals surface area contributed by atoms with Gasteiger partial charge in [0.15, 0.2) is 6.54 Å². The smallest absolute Gasteiger partial charge is 0.221 e. The lowest BCUT2D eigenvalue weighted by atomic mass is 9.98. The second-order valence-electron chi connectivity index (χ2n) is 7.41. The highest BCUT2D eigenvalue weighted by Gasteiger charge is 2.32. The minimum atomic E-state index is 0.493. The first-order valence-corrected chi connectivity index (χ1v) is 10.7. The van der Waals surface area contributed by atoms with Crippen LogP contribution in [0.3, 0.4) is 0 Å². The van der Waals surface area contributed by atoms with Crippen LogP contribution in [0.1, 0.15) is 31.4 Å². The van der Waals surface area contributed by atoms with Crippen molar-refractivity contribution in [3.63, 3.8) is 0 Å². The first kappa shape index (κ1) is 20.1. The summed E-state index contributed by atoms with van der Waals surface area (Å²) in [6.07, 6.45) is 0.493. The van der Waals surface area contributed by atoms with Gasteiger partial charge in [-0.15, -0.1) is 0 Å². The Morgan fingerprint density at radius 2 is 1.77 bits per heavy atom. The van der Waals surface area contributed by atoms with Crippen molar-refractivity contribution in [3.05, 3.63) is 71.8 Å². The fourth-order valence-corrected chi connectivity index (χ4v) is 4.33. The van der Waals surface area contributed by atoms with Crippen LogP contribution in [-0.4, -0.2) is 43.1 Å². The number of likely N-dealkylation sites (N-methyl/N-ethyl adjacent to an activating group) is 1. The highest BCUT2D eigenvalue weighted by molar-refractivity contribution is 6.22. The van der Waals surface area contributed by atoms with Gasteiger partial charge in [-0.3, -0.25) is 0 Å². The summed E-state index contributed by atoms with van der Waals surface area (Å²) < 4.78 is 7.84. The molecule has 0 amide bonds. The molecule has 0 saturated carbocycles. The third kappa shape index (κ3) is 3.69. The average Bonchev–Trinajstić information content (AvgIpc) is 3.11. The lowest BCUT2D eigenvalue weighted by molar-refractivity contribution is -0.434. The van der Waals surface area contributed by atoms with Gasteiger partial charge in [0, 0.05) is 37.0 Å². The van der Waals surface area contributed by atoms with Gasteiger partial charge in [0.2, 0.25) is 11.4 Å². The van der Waals surface area contributed by atoms with Crippen molar-refractivity contribution in [1.29, 1.82) is 5.26 Å². The van der Waals surface area contributed by atoms with Crippen LogP contribution < -0.4 is 4.90 Å². The molecule has 152 valence electrons. The highest BCUT2D eigenvalue weighted by atomic mass is 16.5. The molecule has 0 aromatic heterocycles. The van der Waals surface area contributed by atoms with Gasteiger partial charge in [-0.1, -0.05) is 24.3 Å². The Bertz CT molecular complexity index is 1100. The molecule has 0 spiro atoms. The molecule has 0 bridgehead atoms. The van der Waals surface area contributed by atoms with Crippen LogP contribution >= 0.6 is 0 Å². The van der Waals surface area contributed by atoms with Gasteiger partial charge >= 0.3 is 0 Å². The molecule has 4 heteroatoms. The van der Waals surface area contributed by atoms with Crippen molar-refractivity contribution in [3.8, 4) is 6.07 Å². The Kier molecular flexibility index (Phi) is 6.11. The SMILES string of the molecule is CCOCCN(CC)c1ccc(C2=[N+](CCC#N)c3cccc4cccc2c34)cc1. The number of benzene rings is 3. The number of nitrogens with zero attached hydrogens (tertiary/aromatic N) is 3. The fraction of sp³-hybridized carbons (Fsp3) is 0.308. The van der Waals surface area contributed by atoms with Gasteiger partial charge < -0.3 is 9.64 Å². The Morgan fingerprint density at radius 1 is 1.00 bits per heavy atom. The summed E-state index contributed by atoms with van der Waals surface area (Å²) in [6, 6.07) is 24.0. The number of rotatable bonds is 9. The van der Waals surface area contributed by atoms with Crippen LogP contribution in [0.2, 0.25) is 0 Å². The van der Waals surface area contributed by atoms with E-state index >= 15 is 0 Å². The van der Waals surface area contributed by atoms with Gasteiger partial charge in [0.1, 0.15) is 0 Å². The number of hydrogen-bond donors (Lipinski definition) is 0. The maximum absolute atomic E-state index is 9.21. The van der Waals surface area contributed by atoms with E-state index in [2.05, 4.69) is 83.1 Å². The summed E-state index contributed by atoms with van der Waals surface area (Å²) in [5.74, 6) is 0. The molecule has 0 aliphatic carbocycles. The third-order valence-electron chi connectivity index (χ3n) is 5.74. The molecule has 4 rings (SSSR count). The zero-order valence-electron chi connectivity index (χ0n) is 17.8. The molecule has 0 atom stereocenters. The number of hydrogen-bond acceptors (Lipinski definition) is 3. The molecule has 0 fully saturated rings. The largest absolute Gasteiger partial charge is 0.380 e. The maximum Gasteiger partial charge on any atom is 0.221 e. The Labute approximate surface area is 178 Å². The minimum Gasteiger partial charge on any atom is -0.380 e. The Morgan fingerprint density at radius 3 is 2.47 bits per heavy atom. The van der Waals surface area contributed by atoms with E-state index in [1.165, 1.54) is 39.0 Å². The summed E-state index contributed by atoms with van der Waals surface area (Å²) in [6.45, 7) is 8.22. The van der Waals surface area contributed by atoms with Crippen molar-refractivity contribution in [1.82, 2.24) is 0 Å². The third-order valence-corrected chi connectivity index (χ3v) is 5.74.